The normalized spacial score (nSPS) is 13.4. The summed E-state index contributed by atoms with van der Waals surface area (Å²) in [6.45, 7) is 4.23. The highest BCUT2D eigenvalue weighted by molar-refractivity contribution is 6.11. The number of aryl methyl sites for hydroxylation is 2. The van der Waals surface area contributed by atoms with Gasteiger partial charge in [0.15, 0.2) is 5.76 Å². The molecule has 0 fully saturated rings. The van der Waals surface area contributed by atoms with Gasteiger partial charge in [0.2, 0.25) is 11.9 Å². The lowest BCUT2D eigenvalue weighted by Crippen LogP contribution is -2.39. The number of hydrogen-bond donors (Lipinski definition) is 2. The molecule has 0 saturated heterocycles. The van der Waals surface area contributed by atoms with Gasteiger partial charge in [-0.1, -0.05) is 17.7 Å². The van der Waals surface area contributed by atoms with Gasteiger partial charge in [-0.05, 0) is 37.6 Å². The molecule has 7 heteroatoms. The van der Waals surface area contributed by atoms with Crippen LogP contribution in [0.25, 0.3) is 0 Å². The van der Waals surface area contributed by atoms with Crippen molar-refractivity contribution in [3.63, 3.8) is 0 Å². The van der Waals surface area contributed by atoms with Crippen molar-refractivity contribution in [1.82, 2.24) is 10.6 Å². The molecule has 0 atom stereocenters. The highest BCUT2D eigenvalue weighted by Crippen LogP contribution is 2.20. The molecule has 0 radical (unpaired) electrons. The van der Waals surface area contributed by atoms with E-state index in [-0.39, 0.29) is 30.8 Å². The van der Waals surface area contributed by atoms with Crippen molar-refractivity contribution < 1.29 is 18.7 Å². The fourth-order valence-corrected chi connectivity index (χ4v) is 2.29. The quantitative estimate of drug-likeness (QED) is 0.894. The van der Waals surface area contributed by atoms with Gasteiger partial charge in [-0.15, -0.1) is 0 Å². The van der Waals surface area contributed by atoms with Crippen molar-refractivity contribution >= 4 is 17.8 Å². The Balaban J connectivity index is 1.59. The molecule has 2 N–H and O–H groups in total. The van der Waals surface area contributed by atoms with Gasteiger partial charge in [-0.25, -0.2) is 4.99 Å². The van der Waals surface area contributed by atoms with Gasteiger partial charge in [0.25, 0.3) is 5.91 Å². The van der Waals surface area contributed by atoms with Gasteiger partial charge in [-0.2, -0.15) is 0 Å². The second-order valence-corrected chi connectivity index (χ2v) is 5.49. The topological polar surface area (TPSA) is 92.9 Å². The predicted molar refractivity (Wildman–Crippen MR) is 86.9 cm³/mol. The monoisotopic (exact) mass is 327 g/mol. The molecule has 1 aliphatic heterocycles. The first-order valence-electron chi connectivity index (χ1n) is 7.45. The van der Waals surface area contributed by atoms with E-state index in [1.165, 1.54) is 5.56 Å². The van der Waals surface area contributed by atoms with E-state index in [9.17, 15) is 9.59 Å². The Kier molecular flexibility index (Phi) is 4.33. The average molecular weight is 327 g/mol. The number of nitrogens with zero attached hydrogens (tertiary/aromatic N) is 1. The molecule has 0 bridgehead atoms. The number of carbonyl (C=O) groups excluding carboxylic acids is 2. The first-order chi connectivity index (χ1) is 11.5. The third-order valence-electron chi connectivity index (χ3n) is 3.46. The Morgan fingerprint density at radius 1 is 1.33 bits per heavy atom. The van der Waals surface area contributed by atoms with Crippen LogP contribution in [0.5, 0.6) is 5.75 Å². The molecular weight excluding hydrogens is 310 g/mol. The van der Waals surface area contributed by atoms with Crippen molar-refractivity contribution in [3.05, 3.63) is 53.0 Å². The van der Waals surface area contributed by atoms with E-state index in [0.29, 0.717) is 5.76 Å². The van der Waals surface area contributed by atoms with E-state index in [1.54, 1.807) is 12.1 Å². The molecule has 1 aromatic carbocycles. The van der Waals surface area contributed by atoms with E-state index in [4.69, 9.17) is 9.15 Å². The fraction of sp³-hybridized carbons (Fsp3) is 0.235. The van der Waals surface area contributed by atoms with E-state index < -0.39 is 5.91 Å². The molecule has 2 amide bonds. The van der Waals surface area contributed by atoms with Gasteiger partial charge in [0.05, 0.1) is 0 Å². The number of amides is 2. The van der Waals surface area contributed by atoms with E-state index in [0.717, 1.165) is 11.3 Å². The molecule has 124 valence electrons. The second kappa shape index (κ2) is 6.57. The second-order valence-electron chi connectivity index (χ2n) is 5.49. The van der Waals surface area contributed by atoms with Crippen LogP contribution in [-0.4, -0.2) is 24.3 Å². The number of rotatable bonds is 4. The predicted octanol–water partition coefficient (Wildman–Crippen LogP) is 1.69. The molecule has 0 spiro atoms. The number of benzene rings is 1. The number of carbonyl (C=O) groups is 2. The summed E-state index contributed by atoms with van der Waals surface area (Å²) >= 11 is 0. The zero-order valence-electron chi connectivity index (χ0n) is 13.4. The van der Waals surface area contributed by atoms with Gasteiger partial charge in [0.1, 0.15) is 24.7 Å². The maximum Gasteiger partial charge on any atom is 0.293 e. The van der Waals surface area contributed by atoms with Crippen molar-refractivity contribution in [1.29, 1.82) is 0 Å². The Morgan fingerprint density at radius 3 is 2.88 bits per heavy atom. The van der Waals surface area contributed by atoms with Crippen LogP contribution < -0.4 is 15.4 Å². The number of ether oxygens (including phenoxy) is 1. The summed E-state index contributed by atoms with van der Waals surface area (Å²) in [4.78, 5) is 26.9. The Hall–Kier alpha value is -3.09. The number of furan rings is 1. The molecule has 0 aliphatic carbocycles. The van der Waals surface area contributed by atoms with Crippen LogP contribution in [0.4, 0.5) is 0 Å². The Morgan fingerprint density at radius 2 is 2.17 bits per heavy atom. The van der Waals surface area contributed by atoms with Crippen molar-refractivity contribution in [2.45, 2.75) is 20.5 Å². The average Bonchev–Trinajstić information content (AvgIpc) is 3.15. The summed E-state index contributed by atoms with van der Waals surface area (Å²) in [5, 5.41) is 4.90. The molecule has 2 aromatic rings. The zero-order valence-corrected chi connectivity index (χ0v) is 13.4. The first-order valence-corrected chi connectivity index (χ1v) is 7.45. The minimum absolute atomic E-state index is 0.0166. The molecular formula is C17H17N3O4. The van der Waals surface area contributed by atoms with Crippen LogP contribution in [0.15, 0.2) is 39.7 Å². The number of aliphatic imine (C=N–C) groups is 1. The molecule has 1 aliphatic rings. The summed E-state index contributed by atoms with van der Waals surface area (Å²) in [6, 6.07) is 9.13. The van der Waals surface area contributed by atoms with Crippen LogP contribution in [0.3, 0.4) is 0 Å². The number of guanidine groups is 1. The maximum absolute atomic E-state index is 12.0. The molecule has 0 saturated carbocycles. The molecule has 1 aromatic heterocycles. The summed E-state index contributed by atoms with van der Waals surface area (Å²) in [6.07, 6.45) is 0. The van der Waals surface area contributed by atoms with Crippen LogP contribution in [0, 0.1) is 13.8 Å². The third kappa shape index (κ3) is 3.62. The standard InChI is InChI=1S/C17H17N3O4/c1-10-3-5-13(11(2)7-10)23-9-12-4-6-14(24-12)16(22)20-17-18-8-15(21)19-17/h3-7H,8-9H2,1-2H3,(H2,18,19,20,21,22). The van der Waals surface area contributed by atoms with E-state index in [1.807, 2.05) is 32.0 Å². The molecule has 0 unspecified atom stereocenters. The smallest absolute Gasteiger partial charge is 0.293 e. The zero-order chi connectivity index (χ0) is 17.1. The Labute approximate surface area is 138 Å². The Bertz CT molecular complexity index is 823. The number of hydrogen-bond acceptors (Lipinski definition) is 5. The summed E-state index contributed by atoms with van der Waals surface area (Å²) in [7, 11) is 0. The van der Waals surface area contributed by atoms with E-state index in [2.05, 4.69) is 15.6 Å². The lowest BCUT2D eigenvalue weighted by atomic mass is 10.1. The van der Waals surface area contributed by atoms with Crippen molar-refractivity contribution in [3.8, 4) is 5.75 Å². The van der Waals surface area contributed by atoms with Crippen LogP contribution in [0.2, 0.25) is 0 Å². The molecule has 24 heavy (non-hydrogen) atoms. The van der Waals surface area contributed by atoms with Crippen molar-refractivity contribution in [2.75, 3.05) is 6.54 Å². The minimum atomic E-state index is -0.478. The summed E-state index contributed by atoms with van der Waals surface area (Å²) in [5.41, 5.74) is 2.20. The minimum Gasteiger partial charge on any atom is -0.485 e. The van der Waals surface area contributed by atoms with E-state index >= 15 is 0 Å². The summed E-state index contributed by atoms with van der Waals surface area (Å²) in [5.74, 6) is 0.817. The van der Waals surface area contributed by atoms with Crippen molar-refractivity contribution in [2.24, 2.45) is 4.99 Å². The van der Waals surface area contributed by atoms with Gasteiger partial charge >= 0.3 is 0 Å². The SMILES string of the molecule is Cc1ccc(OCc2ccc(C(=O)NC3=NCC(=O)N3)o2)c(C)c1. The maximum atomic E-state index is 12.0. The van der Waals surface area contributed by atoms with Gasteiger partial charge in [0, 0.05) is 0 Å². The van der Waals surface area contributed by atoms with Gasteiger partial charge < -0.3 is 9.15 Å². The fourth-order valence-electron chi connectivity index (χ4n) is 2.29. The lowest BCUT2D eigenvalue weighted by molar-refractivity contribution is -0.117. The third-order valence-corrected chi connectivity index (χ3v) is 3.46. The molecule has 3 rings (SSSR count). The van der Waals surface area contributed by atoms with Crippen LogP contribution in [0.1, 0.15) is 27.4 Å². The molecule has 2 heterocycles. The first kappa shape index (κ1) is 15.8. The molecule has 7 nitrogen and oxygen atoms in total. The van der Waals surface area contributed by atoms with Gasteiger partial charge in [-0.3, -0.25) is 20.2 Å². The van der Waals surface area contributed by atoms with Crippen LogP contribution >= 0.6 is 0 Å². The summed E-state index contributed by atoms with van der Waals surface area (Å²) < 4.78 is 11.2. The highest BCUT2D eigenvalue weighted by Gasteiger charge is 2.18. The largest absolute Gasteiger partial charge is 0.485 e. The lowest BCUT2D eigenvalue weighted by Gasteiger charge is -2.08. The van der Waals surface area contributed by atoms with Crippen LogP contribution in [-0.2, 0) is 11.4 Å². The number of nitrogens with one attached hydrogen (secondary N) is 2. The highest BCUT2D eigenvalue weighted by atomic mass is 16.5.